The Kier molecular flexibility index (Phi) is 31.5. The van der Waals surface area contributed by atoms with Crippen LogP contribution in [0, 0.1) is 50.0 Å². The fourth-order valence-corrected chi connectivity index (χ4v) is 20.1. The van der Waals surface area contributed by atoms with Crippen molar-refractivity contribution in [2.75, 3.05) is 119 Å². The number of nitrogens with two attached hydrogens (primary N) is 4. The summed E-state index contributed by atoms with van der Waals surface area (Å²) in [5.74, 6) is -3.10. The predicted molar refractivity (Wildman–Crippen MR) is 501 cm³/mol. The number of anilines is 4. The smallest absolute Gasteiger partial charge is 0.365 e. The minimum Gasteiger partial charge on any atom is -0.365 e. The van der Waals surface area contributed by atoms with E-state index in [1.165, 1.54) is 43.3 Å². The number of thioether (sulfide) groups is 1. The molecule has 12 N–H and O–H groups in total. The van der Waals surface area contributed by atoms with Crippen LogP contribution in [0.5, 0.6) is 0 Å². The molecule has 0 unspecified atom stereocenters. The van der Waals surface area contributed by atoms with Gasteiger partial charge in [0.05, 0.1) is 14.7 Å². The number of piperidine rings is 4. The molecule has 4 aromatic carbocycles. The number of nitrogens with zero attached hydrogens (tertiary/aromatic N) is 16. The molecule has 726 valence electrons. The van der Waals surface area contributed by atoms with Crippen LogP contribution >= 0.6 is 11.8 Å². The first-order valence-corrected chi connectivity index (χ1v) is 51.2. The number of amides is 8. The Bertz CT molecular complexity index is 6400. The lowest BCUT2D eigenvalue weighted by molar-refractivity contribution is -0.118. The van der Waals surface area contributed by atoms with Crippen molar-refractivity contribution >= 4 is 112 Å². The summed E-state index contributed by atoms with van der Waals surface area (Å²) in [7, 11) is -9.85. The molecule has 8 fully saturated rings. The molecule has 0 spiro atoms. The Morgan fingerprint density at radius 2 is 0.672 bits per heavy atom. The summed E-state index contributed by atoms with van der Waals surface area (Å²) < 4.78 is 115. The average Bonchev–Trinajstić information content (AvgIpc) is 1.65. The van der Waals surface area contributed by atoms with E-state index in [0.29, 0.717) is 145 Å². The zero-order valence-corrected chi connectivity index (χ0v) is 79.2. The van der Waals surface area contributed by atoms with Crippen LogP contribution in [-0.4, -0.2) is 234 Å². The van der Waals surface area contributed by atoms with Crippen LogP contribution in [-0.2, 0) is 97.0 Å². The Labute approximate surface area is 795 Å². The molecule has 0 bridgehead atoms. The second-order valence-electron chi connectivity index (χ2n) is 36.5. The van der Waals surface area contributed by atoms with Gasteiger partial charge in [-0.05, 0) is 179 Å². The highest BCUT2D eigenvalue weighted by molar-refractivity contribution is 8.00. The molecule has 4 saturated heterocycles. The minimum absolute atomic E-state index is 0.0437. The molecule has 8 aromatic rings. The largest absolute Gasteiger partial charge is 0.446 e. The molecule has 8 heterocycles. The fraction of sp³-hybridized carbons (Fsp3) is 0.478. The van der Waals surface area contributed by atoms with Gasteiger partial charge in [-0.3, -0.25) is 76.7 Å². The predicted octanol–water partition coefficient (Wildman–Crippen LogP) is 8.79. The zero-order chi connectivity index (χ0) is 98.7. The number of alkyl halides is 3. The van der Waals surface area contributed by atoms with E-state index in [1.54, 1.807) is 85.7 Å². The van der Waals surface area contributed by atoms with Gasteiger partial charge in [0.15, 0.2) is 52.8 Å². The van der Waals surface area contributed by atoms with Crippen molar-refractivity contribution in [3.63, 3.8) is 0 Å². The van der Waals surface area contributed by atoms with Gasteiger partial charge >= 0.3 is 5.51 Å². The minimum atomic E-state index is -4.32. The maximum Gasteiger partial charge on any atom is 0.446 e. The first kappa shape index (κ1) is 102. The Morgan fingerprint density at radius 3 is 0.942 bits per heavy atom. The molecule has 137 heavy (non-hydrogen) atoms. The van der Waals surface area contributed by atoms with E-state index >= 15 is 0 Å². The van der Waals surface area contributed by atoms with Crippen molar-refractivity contribution in [3.05, 3.63) is 212 Å². The van der Waals surface area contributed by atoms with Crippen molar-refractivity contribution in [2.24, 2.45) is 46.6 Å². The van der Waals surface area contributed by atoms with Crippen molar-refractivity contribution in [1.29, 1.82) is 0 Å². The van der Waals surface area contributed by atoms with Crippen LogP contribution in [0.4, 0.5) is 36.4 Å². The maximum absolute atomic E-state index is 12.5. The van der Waals surface area contributed by atoms with E-state index in [-0.39, 0.29) is 136 Å². The lowest BCUT2D eigenvalue weighted by atomic mass is 9.87. The molecule has 8 aliphatic rings. The third kappa shape index (κ3) is 26.2. The molecule has 0 radical (unpaired) electrons. The molecule has 4 aromatic heterocycles. The highest BCUT2D eigenvalue weighted by Gasteiger charge is 2.48. The zero-order valence-electron chi connectivity index (χ0n) is 75.9. The number of hydrogen-bond donors (Lipinski definition) is 8. The highest BCUT2D eigenvalue weighted by atomic mass is 32.2. The number of benzene rings is 4. The highest BCUT2D eigenvalue weighted by Crippen LogP contribution is 2.43. The number of carbonyl (C=O) groups is 8. The normalized spacial score (nSPS) is 18.2. The number of aromatic nitrogens is 8. The van der Waals surface area contributed by atoms with E-state index in [0.717, 1.165) is 73.6 Å². The molecule has 45 heteroatoms. The second-order valence-corrected chi connectivity index (χ2v) is 43.7. The number of hydrogen-bond acceptors (Lipinski definition) is 23. The molecular formula is C92H109F3N24O14S4. The van der Waals surface area contributed by atoms with E-state index in [1.807, 2.05) is 30.3 Å². The number of halogens is 3. The summed E-state index contributed by atoms with van der Waals surface area (Å²) >= 11 is -0.139. The van der Waals surface area contributed by atoms with E-state index in [4.69, 9.17) is 49.2 Å². The molecule has 4 saturated carbocycles. The van der Waals surface area contributed by atoms with E-state index in [2.05, 4.69) is 80.6 Å². The van der Waals surface area contributed by atoms with E-state index < -0.39 is 80.8 Å². The Morgan fingerprint density at radius 1 is 0.387 bits per heavy atom. The number of sulfone groups is 3. The van der Waals surface area contributed by atoms with Gasteiger partial charge in [0.25, 0.3) is 23.6 Å². The molecule has 4 aliphatic heterocycles. The van der Waals surface area contributed by atoms with Crippen LogP contribution in [0.15, 0.2) is 141 Å². The molecule has 8 amide bonds. The standard InChI is InChI=1S/C23H25F3N6O2S.3C23H28N6O4S/c1-28-14-22(32-13-18(19(27)33)20(30-32)29-21(34)16-4-5-16)8-10-31(11-9-22)12-15-2-6-17(7-3-15)35-23(24,25)26;1-25-15-23(29-14-19(20(24)30)21(27-29)26-22(31)17-5-6-17)9-11-28(12-10-23)13-16-3-7-18(8-4-16)34(2,32)33;1-25-15-23(29-14-19(20(24)30)21(27-29)26-22(31)17-6-7-17)8-10-28(11-9-23)13-16-4-3-5-18(12-16)34(2,32)33;1-25-15-23(29-14-18(20(24)30)21(27-29)26-22(31)16-7-8-16)9-11-28(12-10-23)13-17-5-3-4-6-19(17)34(2,32)33/h2-3,6-7,13,16H,4-5,8-12,14H2,(H2,27,33)(H,29,30,34);3-4,7-8,14,17H,5-6,9-13,15H2,2H3,(H2,24,30)(H,26,27,31);3-5,12,14,17H,6-11,13,15H2,2H3,(H2,24,30)(H,26,27,31);3-6,14,16H,7-13,15H2,2H3,(H2,24,30)(H,26,27,31). The van der Waals surface area contributed by atoms with Gasteiger partial charge in [-0.25, -0.2) is 51.5 Å². The quantitative estimate of drug-likeness (QED) is 0.0144. The summed E-state index contributed by atoms with van der Waals surface area (Å²) in [4.78, 5) is 121. The molecule has 4 aliphatic carbocycles. The Hall–Kier alpha value is -12.7. The molecular weight excluding hydrogens is 1850 g/mol. The van der Waals surface area contributed by atoms with Crippen molar-refractivity contribution < 1.29 is 76.8 Å². The molecule has 38 nitrogen and oxygen atoms in total. The summed E-state index contributed by atoms with van der Waals surface area (Å²) in [6, 6.07) is 27.1. The monoisotopic (exact) mass is 1960 g/mol. The van der Waals surface area contributed by atoms with Crippen LogP contribution < -0.4 is 44.2 Å². The summed E-state index contributed by atoms with van der Waals surface area (Å²) in [5.41, 5.74) is 19.3. The SMILES string of the molecule is [C-]#[N+]CC1(n2cc(C(N)=O)c(NC(=O)C3CC3)n2)CCN(Cc2ccc(S(C)(=O)=O)cc2)CC1.[C-]#[N+]CC1(n2cc(C(N)=O)c(NC(=O)C3CC3)n2)CCN(Cc2ccc(SC(F)(F)F)cc2)CC1.[C-]#[N+]CC1(n2cc(C(N)=O)c(NC(=O)C3CC3)n2)CCN(Cc2cccc(S(C)(=O)=O)c2)CC1.[C-]#[N+]CC1(n2cc(C(N)=O)c(NC(=O)C3CC3)n2)CCN(Cc2ccccc2S(C)(=O)=O)CC1. The number of primary amides is 4. The van der Waals surface area contributed by atoms with E-state index in [9.17, 15) is 76.8 Å². The van der Waals surface area contributed by atoms with Crippen LogP contribution in [0.1, 0.15) is 166 Å². The van der Waals surface area contributed by atoms with Crippen LogP contribution in [0.25, 0.3) is 19.4 Å². The first-order chi connectivity index (χ1) is 64.9. The lowest BCUT2D eigenvalue weighted by Gasteiger charge is -2.39. The van der Waals surface area contributed by atoms with Gasteiger partial charge < -0.3 is 63.6 Å². The third-order valence-electron chi connectivity index (χ3n) is 26.1. The van der Waals surface area contributed by atoms with Gasteiger partial charge in [0.2, 0.25) is 49.8 Å². The topological polar surface area (TPSA) is 493 Å². The van der Waals surface area contributed by atoms with Crippen molar-refractivity contribution in [1.82, 2.24) is 58.7 Å². The summed E-state index contributed by atoms with van der Waals surface area (Å²) in [5, 5.41) is 28.8. The van der Waals surface area contributed by atoms with Gasteiger partial charge in [0, 0.05) is 151 Å². The lowest BCUT2D eigenvalue weighted by Crippen LogP contribution is -2.48. The van der Waals surface area contributed by atoms with Crippen molar-refractivity contribution in [2.45, 2.75) is 176 Å². The van der Waals surface area contributed by atoms with Gasteiger partial charge in [-0.2, -0.15) is 33.6 Å². The van der Waals surface area contributed by atoms with Gasteiger partial charge in [-0.15, -0.1) is 0 Å². The molecule has 0 atom stereocenters. The summed E-state index contributed by atoms with van der Waals surface area (Å²) in [6.45, 7) is 38.2. The van der Waals surface area contributed by atoms with Crippen molar-refractivity contribution in [3.8, 4) is 0 Å². The Balaban J connectivity index is 0.000000154. The van der Waals surface area contributed by atoms with Gasteiger partial charge in [-0.1, -0.05) is 54.6 Å². The number of rotatable bonds is 32. The molecule has 16 rings (SSSR count). The summed E-state index contributed by atoms with van der Waals surface area (Å²) in [6.07, 6.45) is 21.1. The fourth-order valence-electron chi connectivity index (χ4n) is 17.3. The average molecular weight is 1960 g/mol. The van der Waals surface area contributed by atoms with Crippen LogP contribution in [0.2, 0.25) is 0 Å². The number of carbonyl (C=O) groups excluding carboxylic acids is 8. The maximum atomic E-state index is 12.5. The first-order valence-electron chi connectivity index (χ1n) is 44.7. The number of nitrogens with one attached hydrogen (secondary N) is 4. The second kappa shape index (κ2) is 42.5. The van der Waals surface area contributed by atoms with Crippen LogP contribution in [0.3, 0.4) is 0 Å². The third-order valence-corrected chi connectivity index (χ3v) is 30.3. The van der Waals surface area contributed by atoms with Gasteiger partial charge in [0.1, 0.15) is 44.4 Å². The number of likely N-dealkylation sites (tertiary alicyclic amines) is 4.